The molecule has 3 aromatic carbocycles. The second-order valence-corrected chi connectivity index (χ2v) is 9.47. The zero-order chi connectivity index (χ0) is 25.2. The molecule has 2 aliphatic heterocycles. The molecule has 1 atom stereocenters. The summed E-state index contributed by atoms with van der Waals surface area (Å²) in [5.74, 6) is -0.413. The molecule has 1 saturated heterocycles. The van der Waals surface area contributed by atoms with Gasteiger partial charge in [-0.2, -0.15) is 0 Å². The molecule has 0 aromatic heterocycles. The molecule has 3 aromatic rings. The Morgan fingerprint density at radius 1 is 1.03 bits per heavy atom. The third kappa shape index (κ3) is 4.90. The van der Waals surface area contributed by atoms with E-state index in [4.69, 9.17) is 21.0 Å². The van der Waals surface area contributed by atoms with Crippen molar-refractivity contribution in [3.05, 3.63) is 71.3 Å². The second-order valence-electron chi connectivity index (χ2n) is 9.47. The molecule has 8 nitrogen and oxygen atoms in total. The van der Waals surface area contributed by atoms with Crippen molar-refractivity contribution >= 4 is 34.2 Å². The van der Waals surface area contributed by atoms with Crippen molar-refractivity contribution in [3.63, 3.8) is 0 Å². The number of aliphatic carboxylic acids is 1. The van der Waals surface area contributed by atoms with E-state index in [2.05, 4.69) is 5.32 Å². The van der Waals surface area contributed by atoms with Crippen LogP contribution >= 0.6 is 0 Å². The van der Waals surface area contributed by atoms with Gasteiger partial charge in [-0.3, -0.25) is 15.0 Å². The third-order valence-electron chi connectivity index (χ3n) is 7.01. The average molecular weight is 487 g/mol. The molecule has 0 spiro atoms. The van der Waals surface area contributed by atoms with Gasteiger partial charge in [-0.15, -0.1) is 0 Å². The Morgan fingerprint density at radius 2 is 1.81 bits per heavy atom. The minimum absolute atomic E-state index is 0.00215. The highest BCUT2D eigenvalue weighted by atomic mass is 16.5. The molecule has 5 rings (SSSR count). The summed E-state index contributed by atoms with van der Waals surface area (Å²) in [6.07, 6.45) is 2.41. The molecule has 1 fully saturated rings. The first kappa shape index (κ1) is 23.8. The predicted octanol–water partition coefficient (Wildman–Crippen LogP) is 3.75. The van der Waals surface area contributed by atoms with Crippen LogP contribution in [0.15, 0.2) is 54.6 Å². The van der Waals surface area contributed by atoms with E-state index < -0.39 is 5.97 Å². The maximum absolute atomic E-state index is 13.3. The standard InChI is InChI=1S/C28H30N4O4/c29-28(30)19-4-2-17-1-3-18(13-20(17)14-19)25-16-21-15-23(36-22-9-11-31-12-10-22)5-6-24(21)32(25)26(33)7-8-27(34)35/h1-6,13-15,22,25,31H,7-12,16H2,(H3,29,30)(H,34,35). The van der Waals surface area contributed by atoms with Gasteiger partial charge in [0.1, 0.15) is 17.7 Å². The maximum Gasteiger partial charge on any atom is 0.303 e. The Kier molecular flexibility index (Phi) is 6.61. The van der Waals surface area contributed by atoms with Crippen molar-refractivity contribution < 1.29 is 19.4 Å². The Labute approximate surface area is 209 Å². The lowest BCUT2D eigenvalue weighted by Gasteiger charge is -2.26. The Balaban J connectivity index is 1.48. The number of carbonyl (C=O) groups excluding carboxylic acids is 1. The van der Waals surface area contributed by atoms with Crippen molar-refractivity contribution in [3.8, 4) is 5.75 Å². The number of ether oxygens (including phenoxy) is 1. The monoisotopic (exact) mass is 486 g/mol. The van der Waals surface area contributed by atoms with E-state index in [-0.39, 0.29) is 36.7 Å². The molecule has 2 aliphatic rings. The van der Waals surface area contributed by atoms with Gasteiger partial charge in [-0.05, 0) is 84.6 Å². The van der Waals surface area contributed by atoms with E-state index in [1.54, 1.807) is 4.90 Å². The summed E-state index contributed by atoms with van der Waals surface area (Å²) in [6.45, 7) is 1.88. The van der Waals surface area contributed by atoms with Crippen LogP contribution in [0.25, 0.3) is 10.8 Å². The molecule has 186 valence electrons. The van der Waals surface area contributed by atoms with Gasteiger partial charge in [0.25, 0.3) is 0 Å². The highest BCUT2D eigenvalue weighted by Crippen LogP contribution is 2.43. The number of nitrogen functional groups attached to an aromatic ring is 1. The largest absolute Gasteiger partial charge is 0.490 e. The first-order valence-electron chi connectivity index (χ1n) is 12.3. The van der Waals surface area contributed by atoms with Crippen molar-refractivity contribution in [1.29, 1.82) is 5.41 Å². The number of nitrogens with two attached hydrogens (primary N) is 1. The molecule has 0 saturated carbocycles. The molecule has 5 N–H and O–H groups in total. The topological polar surface area (TPSA) is 129 Å². The number of amidine groups is 1. The van der Waals surface area contributed by atoms with Gasteiger partial charge in [-0.25, -0.2) is 0 Å². The molecule has 0 aliphatic carbocycles. The zero-order valence-electron chi connectivity index (χ0n) is 20.0. The minimum atomic E-state index is -0.993. The number of anilines is 1. The van der Waals surface area contributed by atoms with Gasteiger partial charge < -0.3 is 25.8 Å². The van der Waals surface area contributed by atoms with E-state index >= 15 is 0 Å². The number of fused-ring (bicyclic) bond motifs is 2. The second kappa shape index (κ2) is 9.99. The van der Waals surface area contributed by atoms with Crippen LogP contribution in [0.5, 0.6) is 5.75 Å². The molecule has 0 radical (unpaired) electrons. The number of carboxylic acid groups (broad SMARTS) is 1. The first-order chi connectivity index (χ1) is 17.4. The number of benzene rings is 3. The summed E-state index contributed by atoms with van der Waals surface area (Å²) in [6, 6.07) is 17.2. The first-order valence-corrected chi connectivity index (χ1v) is 12.3. The molecule has 1 unspecified atom stereocenters. The van der Waals surface area contributed by atoms with Crippen molar-refractivity contribution in [2.24, 2.45) is 5.73 Å². The fourth-order valence-electron chi connectivity index (χ4n) is 5.16. The highest BCUT2D eigenvalue weighted by Gasteiger charge is 2.35. The molecular weight excluding hydrogens is 456 g/mol. The number of carboxylic acids is 1. The van der Waals surface area contributed by atoms with Crippen LogP contribution < -0.4 is 20.7 Å². The number of rotatable bonds is 7. The number of piperidine rings is 1. The Morgan fingerprint density at radius 3 is 2.56 bits per heavy atom. The van der Waals surface area contributed by atoms with Crippen LogP contribution in [0.1, 0.15) is 48.4 Å². The van der Waals surface area contributed by atoms with Crippen LogP contribution in [0.4, 0.5) is 5.69 Å². The molecule has 8 heteroatoms. The SMILES string of the molecule is N=C(N)c1ccc2ccc(C3Cc4cc(OC5CCNCC5)ccc4N3C(=O)CCC(=O)O)cc2c1. The van der Waals surface area contributed by atoms with Crippen LogP contribution in [-0.2, 0) is 16.0 Å². The fraction of sp³-hybridized carbons (Fsp3) is 0.321. The summed E-state index contributed by atoms with van der Waals surface area (Å²) >= 11 is 0. The minimum Gasteiger partial charge on any atom is -0.490 e. The van der Waals surface area contributed by atoms with E-state index in [9.17, 15) is 9.59 Å². The summed E-state index contributed by atoms with van der Waals surface area (Å²) in [4.78, 5) is 26.2. The summed E-state index contributed by atoms with van der Waals surface area (Å²) in [7, 11) is 0. The number of hydrogen-bond donors (Lipinski definition) is 4. The molecule has 36 heavy (non-hydrogen) atoms. The average Bonchev–Trinajstić information content (AvgIpc) is 3.26. The van der Waals surface area contributed by atoms with Crippen LogP contribution in [0, 0.1) is 5.41 Å². The zero-order valence-corrected chi connectivity index (χ0v) is 20.0. The highest BCUT2D eigenvalue weighted by molar-refractivity contribution is 6.00. The number of nitrogens with zero attached hydrogens (tertiary/aromatic N) is 1. The van der Waals surface area contributed by atoms with Gasteiger partial charge in [0.05, 0.1) is 12.5 Å². The van der Waals surface area contributed by atoms with E-state index in [1.165, 1.54) is 0 Å². The predicted molar refractivity (Wildman–Crippen MR) is 139 cm³/mol. The number of hydrogen-bond acceptors (Lipinski definition) is 5. The fourth-order valence-corrected chi connectivity index (χ4v) is 5.16. The smallest absolute Gasteiger partial charge is 0.303 e. The van der Waals surface area contributed by atoms with Gasteiger partial charge in [0.15, 0.2) is 0 Å². The van der Waals surface area contributed by atoms with E-state index in [0.29, 0.717) is 12.0 Å². The van der Waals surface area contributed by atoms with Gasteiger partial charge in [-0.1, -0.05) is 24.3 Å². The van der Waals surface area contributed by atoms with E-state index in [0.717, 1.165) is 59.3 Å². The lowest BCUT2D eigenvalue weighted by molar-refractivity contribution is -0.138. The Bertz CT molecular complexity index is 1330. The summed E-state index contributed by atoms with van der Waals surface area (Å²) < 4.78 is 6.24. The molecule has 0 bridgehead atoms. The van der Waals surface area contributed by atoms with Crippen molar-refractivity contribution in [2.75, 3.05) is 18.0 Å². The number of amides is 1. The van der Waals surface area contributed by atoms with Crippen molar-refractivity contribution in [2.45, 2.75) is 44.2 Å². The summed E-state index contributed by atoms with van der Waals surface area (Å²) in [5, 5.41) is 22.2. The lowest BCUT2D eigenvalue weighted by atomic mass is 9.97. The Hall–Kier alpha value is -3.91. The summed E-state index contributed by atoms with van der Waals surface area (Å²) in [5.41, 5.74) is 9.08. The third-order valence-corrected chi connectivity index (χ3v) is 7.01. The van der Waals surface area contributed by atoms with Gasteiger partial charge >= 0.3 is 5.97 Å². The molecule has 1 amide bonds. The van der Waals surface area contributed by atoms with Gasteiger partial charge in [0.2, 0.25) is 5.91 Å². The normalized spacial score (nSPS) is 17.7. The lowest BCUT2D eigenvalue weighted by Crippen LogP contribution is -2.34. The van der Waals surface area contributed by atoms with Crippen molar-refractivity contribution in [1.82, 2.24) is 5.32 Å². The maximum atomic E-state index is 13.3. The quantitative estimate of drug-likeness (QED) is 0.297. The molecule has 2 heterocycles. The van der Waals surface area contributed by atoms with Gasteiger partial charge in [0, 0.05) is 17.7 Å². The van der Waals surface area contributed by atoms with E-state index in [1.807, 2.05) is 54.6 Å². The van der Waals surface area contributed by atoms with Crippen LogP contribution in [-0.4, -0.2) is 42.0 Å². The van der Waals surface area contributed by atoms with Crippen LogP contribution in [0.3, 0.4) is 0 Å². The van der Waals surface area contributed by atoms with Crippen LogP contribution in [0.2, 0.25) is 0 Å². The number of carbonyl (C=O) groups is 2. The number of nitrogens with one attached hydrogen (secondary N) is 2. The molecular formula is C28H30N4O4.